The van der Waals surface area contributed by atoms with Gasteiger partial charge in [-0.2, -0.15) is 0 Å². The first-order valence-corrected chi connectivity index (χ1v) is 5.76. The second-order valence-electron chi connectivity index (χ2n) is 3.55. The molecule has 0 radical (unpaired) electrons. The average molecular weight is 210 g/mol. The Morgan fingerprint density at radius 2 is 2.21 bits per heavy atom. The van der Waals surface area contributed by atoms with Crippen LogP contribution in [0.3, 0.4) is 0 Å². The summed E-state index contributed by atoms with van der Waals surface area (Å²) in [5, 5.41) is 0.767. The highest BCUT2D eigenvalue weighted by Crippen LogP contribution is 2.34. The zero-order valence-electron chi connectivity index (χ0n) is 8.61. The van der Waals surface area contributed by atoms with E-state index in [-0.39, 0.29) is 0 Å². The summed E-state index contributed by atoms with van der Waals surface area (Å²) < 4.78 is 0. The van der Waals surface area contributed by atoms with E-state index in [1.165, 1.54) is 11.8 Å². The molecule has 1 aliphatic rings. The van der Waals surface area contributed by atoms with Crippen LogP contribution >= 0.6 is 11.8 Å². The predicted molar refractivity (Wildman–Crippen MR) is 58.1 cm³/mol. The number of rotatable bonds is 1. The maximum Gasteiger partial charge on any atom is 0.189 e. The van der Waals surface area contributed by atoms with Gasteiger partial charge in [-0.15, -0.1) is 0 Å². The van der Waals surface area contributed by atoms with Crippen LogP contribution in [0.2, 0.25) is 0 Å². The molecule has 1 aromatic rings. The smallest absolute Gasteiger partial charge is 0.189 e. The maximum atomic E-state index is 5.91. The molecule has 4 nitrogen and oxygen atoms in total. The normalized spacial score (nSPS) is 21.2. The van der Waals surface area contributed by atoms with Gasteiger partial charge in [-0.3, -0.25) is 4.90 Å². The highest BCUT2D eigenvalue weighted by molar-refractivity contribution is 7.98. The molecule has 2 heterocycles. The van der Waals surface area contributed by atoms with Gasteiger partial charge in [0.15, 0.2) is 5.16 Å². The Morgan fingerprint density at radius 1 is 1.50 bits per heavy atom. The topological polar surface area (TPSA) is 55.0 Å². The fraction of sp³-hybridized carbons (Fsp3) is 0.556. The van der Waals surface area contributed by atoms with E-state index in [9.17, 15) is 0 Å². The summed E-state index contributed by atoms with van der Waals surface area (Å²) in [6, 6.07) is 0.334. The third kappa shape index (κ3) is 1.36. The van der Waals surface area contributed by atoms with E-state index in [0.29, 0.717) is 11.9 Å². The molecule has 14 heavy (non-hydrogen) atoms. The van der Waals surface area contributed by atoms with Gasteiger partial charge in [0.05, 0.1) is 5.69 Å². The fourth-order valence-electron chi connectivity index (χ4n) is 1.77. The Kier molecular flexibility index (Phi) is 2.36. The predicted octanol–water partition coefficient (Wildman–Crippen LogP) is 1.29. The summed E-state index contributed by atoms with van der Waals surface area (Å²) in [6.45, 7) is 3.00. The molecule has 0 saturated carbocycles. The lowest BCUT2D eigenvalue weighted by atomic mass is 10.1. The largest absolute Gasteiger partial charge is 0.383 e. The van der Waals surface area contributed by atoms with Gasteiger partial charge in [0.2, 0.25) is 0 Å². The molecule has 0 saturated heterocycles. The van der Waals surface area contributed by atoms with E-state index in [4.69, 9.17) is 5.73 Å². The van der Waals surface area contributed by atoms with E-state index >= 15 is 0 Å². The van der Waals surface area contributed by atoms with E-state index in [1.807, 2.05) is 6.26 Å². The summed E-state index contributed by atoms with van der Waals surface area (Å²) in [5.41, 5.74) is 8.09. The molecule has 1 aliphatic heterocycles. The molecule has 5 heteroatoms. The van der Waals surface area contributed by atoms with Crippen LogP contribution in [0.15, 0.2) is 5.16 Å². The molecule has 0 bridgehead atoms. The van der Waals surface area contributed by atoms with Crippen LogP contribution in [0.5, 0.6) is 0 Å². The van der Waals surface area contributed by atoms with Gasteiger partial charge in [0, 0.05) is 18.2 Å². The molecule has 1 unspecified atom stereocenters. The standard InChI is InChI=1S/C9H14N4S/c1-5-7-6(4-13(5)2)11-9(14-3)12-8(7)10/h5H,4H2,1-3H3,(H2,10,11,12). The van der Waals surface area contributed by atoms with Crippen LogP contribution in [0.1, 0.15) is 24.2 Å². The lowest BCUT2D eigenvalue weighted by molar-refractivity contribution is 0.285. The van der Waals surface area contributed by atoms with Crippen LogP contribution in [-0.2, 0) is 6.54 Å². The second kappa shape index (κ2) is 3.40. The Labute approximate surface area is 87.9 Å². The van der Waals surface area contributed by atoms with Gasteiger partial charge in [0.25, 0.3) is 0 Å². The number of thioether (sulfide) groups is 1. The highest BCUT2D eigenvalue weighted by atomic mass is 32.2. The van der Waals surface area contributed by atoms with Crippen molar-refractivity contribution in [1.29, 1.82) is 0 Å². The maximum absolute atomic E-state index is 5.91. The van der Waals surface area contributed by atoms with Gasteiger partial charge >= 0.3 is 0 Å². The molecule has 1 atom stereocenters. The van der Waals surface area contributed by atoms with E-state index in [2.05, 4.69) is 28.8 Å². The number of hydrogen-bond donors (Lipinski definition) is 1. The molecular weight excluding hydrogens is 196 g/mol. The quantitative estimate of drug-likeness (QED) is 0.559. The molecular formula is C9H14N4S. The van der Waals surface area contributed by atoms with Gasteiger partial charge in [-0.25, -0.2) is 9.97 Å². The van der Waals surface area contributed by atoms with Gasteiger partial charge in [-0.05, 0) is 20.2 Å². The van der Waals surface area contributed by atoms with Crippen molar-refractivity contribution < 1.29 is 0 Å². The van der Waals surface area contributed by atoms with Gasteiger partial charge < -0.3 is 5.73 Å². The van der Waals surface area contributed by atoms with Crippen molar-refractivity contribution in [3.63, 3.8) is 0 Å². The number of hydrogen-bond acceptors (Lipinski definition) is 5. The summed E-state index contributed by atoms with van der Waals surface area (Å²) >= 11 is 1.53. The Bertz CT molecular complexity index is 366. The van der Waals surface area contributed by atoms with E-state index in [1.54, 1.807) is 0 Å². The molecule has 2 N–H and O–H groups in total. The molecule has 76 valence electrons. The second-order valence-corrected chi connectivity index (χ2v) is 4.32. The van der Waals surface area contributed by atoms with Crippen LogP contribution < -0.4 is 5.73 Å². The minimum absolute atomic E-state index is 0.334. The molecule has 0 spiro atoms. The first kappa shape index (κ1) is 9.73. The molecule has 0 aliphatic carbocycles. The van der Waals surface area contributed by atoms with Gasteiger partial charge in [-0.1, -0.05) is 11.8 Å². The summed E-state index contributed by atoms with van der Waals surface area (Å²) in [5.74, 6) is 0.635. The number of nitrogens with zero attached hydrogens (tertiary/aromatic N) is 3. The highest BCUT2D eigenvalue weighted by Gasteiger charge is 2.28. The van der Waals surface area contributed by atoms with Crippen molar-refractivity contribution in [3.8, 4) is 0 Å². The zero-order valence-corrected chi connectivity index (χ0v) is 9.43. The van der Waals surface area contributed by atoms with Crippen molar-refractivity contribution in [2.45, 2.75) is 24.7 Å². The molecule has 0 amide bonds. The summed E-state index contributed by atoms with van der Waals surface area (Å²) in [4.78, 5) is 10.9. The zero-order chi connectivity index (χ0) is 10.3. The van der Waals surface area contributed by atoms with Gasteiger partial charge in [0.1, 0.15) is 5.82 Å². The monoisotopic (exact) mass is 210 g/mol. The lowest BCUT2D eigenvalue weighted by Gasteiger charge is -2.14. The van der Waals surface area contributed by atoms with Crippen LogP contribution in [0.4, 0.5) is 5.82 Å². The Balaban J connectivity index is 2.52. The number of fused-ring (bicyclic) bond motifs is 1. The fourth-order valence-corrected chi connectivity index (χ4v) is 2.16. The summed E-state index contributed by atoms with van der Waals surface area (Å²) in [7, 11) is 2.07. The van der Waals surface area contributed by atoms with Crippen LogP contribution in [-0.4, -0.2) is 28.2 Å². The minimum Gasteiger partial charge on any atom is -0.383 e. The molecule has 1 aromatic heterocycles. The van der Waals surface area contributed by atoms with Crippen molar-refractivity contribution in [2.75, 3.05) is 19.0 Å². The minimum atomic E-state index is 0.334. The SMILES string of the molecule is CSc1nc(N)c2c(n1)CN(C)C2C. The lowest BCUT2D eigenvalue weighted by Crippen LogP contribution is -2.13. The van der Waals surface area contributed by atoms with E-state index < -0.39 is 0 Å². The van der Waals surface area contributed by atoms with Crippen molar-refractivity contribution in [1.82, 2.24) is 14.9 Å². The number of aromatic nitrogens is 2. The molecule has 0 fully saturated rings. The van der Waals surface area contributed by atoms with Crippen molar-refractivity contribution in [3.05, 3.63) is 11.3 Å². The van der Waals surface area contributed by atoms with Crippen molar-refractivity contribution in [2.24, 2.45) is 0 Å². The van der Waals surface area contributed by atoms with E-state index in [0.717, 1.165) is 23.0 Å². The first-order valence-electron chi connectivity index (χ1n) is 4.54. The Morgan fingerprint density at radius 3 is 2.86 bits per heavy atom. The molecule has 0 aromatic carbocycles. The number of nitrogens with two attached hydrogens (primary N) is 1. The number of anilines is 1. The molecule has 2 rings (SSSR count). The van der Waals surface area contributed by atoms with Crippen LogP contribution in [0, 0.1) is 0 Å². The summed E-state index contributed by atoms with van der Waals surface area (Å²) in [6.07, 6.45) is 1.96. The van der Waals surface area contributed by atoms with Crippen molar-refractivity contribution >= 4 is 17.6 Å². The third-order valence-corrected chi connectivity index (χ3v) is 3.24. The Hall–Kier alpha value is -0.810. The van der Waals surface area contributed by atoms with Crippen LogP contribution in [0.25, 0.3) is 0 Å². The first-order chi connectivity index (χ1) is 6.63. The number of nitrogen functional groups attached to an aromatic ring is 1. The average Bonchev–Trinajstić information content (AvgIpc) is 2.43. The third-order valence-electron chi connectivity index (χ3n) is 2.69.